The molecular weight excluding hydrogens is 620 g/mol. The van der Waals surface area contributed by atoms with Crippen molar-refractivity contribution in [2.75, 3.05) is 13.2 Å². The summed E-state index contributed by atoms with van der Waals surface area (Å²) in [5.74, 6) is 0.750. The molecule has 0 heterocycles. The molecule has 0 saturated heterocycles. The maximum atomic E-state index is 12.6. The third-order valence-corrected chi connectivity index (χ3v) is 9.56. The lowest BCUT2D eigenvalue weighted by molar-refractivity contribution is 0.0846. The van der Waals surface area contributed by atoms with E-state index in [2.05, 4.69) is 24.7 Å². The van der Waals surface area contributed by atoms with Crippen LogP contribution in [-0.4, -0.2) is 25.0 Å². The van der Waals surface area contributed by atoms with Gasteiger partial charge in [-0.15, -0.1) is 0 Å². The Kier molecular flexibility index (Phi) is 26.6. The van der Waals surface area contributed by atoms with E-state index < -0.39 is 0 Å². The molecule has 50 heavy (non-hydrogen) atoms. The summed E-state index contributed by atoms with van der Waals surface area (Å²) in [5, 5.41) is 0. The van der Waals surface area contributed by atoms with E-state index >= 15 is 0 Å². The van der Waals surface area contributed by atoms with Crippen LogP contribution in [0.25, 0.3) is 0 Å². The van der Waals surface area contributed by atoms with Crippen LogP contribution in [0, 0.1) is 0 Å². The fraction of sp³-hybridized carbons (Fsp3) is 0.682. The average Bonchev–Trinajstić information content (AvgIpc) is 3.14. The van der Waals surface area contributed by atoms with Crippen molar-refractivity contribution in [3.8, 4) is 11.5 Å². The molecule has 0 saturated carbocycles. The highest BCUT2D eigenvalue weighted by molar-refractivity contribution is 5.99. The van der Waals surface area contributed by atoms with Crippen molar-refractivity contribution in [1.29, 1.82) is 0 Å². The molecule has 2 N–H and O–H groups in total. The molecule has 6 nitrogen and oxygen atoms in total. The number of ether oxygens (including phenoxy) is 2. The molecule has 0 aliphatic heterocycles. The summed E-state index contributed by atoms with van der Waals surface area (Å²) in [5.41, 5.74) is 5.91. The summed E-state index contributed by atoms with van der Waals surface area (Å²) in [4.78, 5) is 25.1. The molecule has 0 spiro atoms. The Morgan fingerprint density at radius 3 is 0.880 bits per heavy atom. The first-order valence-corrected chi connectivity index (χ1v) is 20.7. The highest BCUT2D eigenvalue weighted by Gasteiger charge is 2.10. The largest absolute Gasteiger partial charge is 0.494 e. The Hall–Kier alpha value is -3.02. The number of carbonyl (C=O) groups excluding carboxylic acids is 2. The molecule has 0 aliphatic rings. The molecule has 0 radical (unpaired) electrons. The van der Waals surface area contributed by atoms with Crippen molar-refractivity contribution in [3.63, 3.8) is 0 Å². The van der Waals surface area contributed by atoms with E-state index in [0.717, 1.165) is 24.3 Å². The molecule has 0 aliphatic carbocycles. The van der Waals surface area contributed by atoms with Gasteiger partial charge in [-0.3, -0.25) is 20.4 Å². The highest BCUT2D eigenvalue weighted by atomic mass is 16.5. The van der Waals surface area contributed by atoms with Crippen LogP contribution in [0.15, 0.2) is 48.5 Å². The van der Waals surface area contributed by atoms with Crippen LogP contribution in [0.5, 0.6) is 11.5 Å². The number of carbonyl (C=O) groups is 2. The zero-order valence-corrected chi connectivity index (χ0v) is 32.1. The van der Waals surface area contributed by atoms with Gasteiger partial charge in [0.1, 0.15) is 11.5 Å². The van der Waals surface area contributed by atoms with Crippen LogP contribution in [0.4, 0.5) is 0 Å². The van der Waals surface area contributed by atoms with E-state index in [1.54, 1.807) is 48.5 Å². The number of unbranched alkanes of at least 4 members (excludes halogenated alkanes) is 24. The number of amides is 2. The first-order valence-electron chi connectivity index (χ1n) is 20.7. The first kappa shape index (κ1) is 43.1. The van der Waals surface area contributed by atoms with Gasteiger partial charge in [0, 0.05) is 11.1 Å². The minimum absolute atomic E-state index is 0.376. The second-order valence-electron chi connectivity index (χ2n) is 14.1. The molecule has 282 valence electrons. The molecule has 0 atom stereocenters. The molecule has 0 fully saturated rings. The molecule has 2 aromatic rings. The Balaban J connectivity index is 1.46. The predicted octanol–water partition coefficient (Wildman–Crippen LogP) is 12.7. The molecule has 2 rings (SSSR count). The summed E-state index contributed by atoms with van der Waals surface area (Å²) in [6, 6.07) is 14.1. The van der Waals surface area contributed by atoms with Gasteiger partial charge >= 0.3 is 0 Å². The van der Waals surface area contributed by atoms with Gasteiger partial charge in [0.15, 0.2) is 0 Å². The van der Waals surface area contributed by atoms with Crippen LogP contribution >= 0.6 is 0 Å². The summed E-state index contributed by atoms with van der Waals surface area (Å²) in [7, 11) is 0. The summed E-state index contributed by atoms with van der Waals surface area (Å²) < 4.78 is 11.7. The Morgan fingerprint density at radius 1 is 0.380 bits per heavy atom. The lowest BCUT2D eigenvalue weighted by atomic mass is 10.0. The van der Waals surface area contributed by atoms with Gasteiger partial charge in [-0.05, 0) is 61.4 Å². The lowest BCUT2D eigenvalue weighted by Crippen LogP contribution is -2.41. The van der Waals surface area contributed by atoms with Gasteiger partial charge in [0.2, 0.25) is 0 Å². The van der Waals surface area contributed by atoms with Gasteiger partial charge in [-0.25, -0.2) is 0 Å². The molecule has 6 heteroatoms. The van der Waals surface area contributed by atoms with Crippen molar-refractivity contribution < 1.29 is 19.1 Å². The zero-order valence-electron chi connectivity index (χ0n) is 32.1. The van der Waals surface area contributed by atoms with Crippen LogP contribution < -0.4 is 20.3 Å². The molecular formula is C44H72N2O4. The Bertz CT molecular complexity index is 999. The van der Waals surface area contributed by atoms with Gasteiger partial charge in [0.05, 0.1) is 13.2 Å². The van der Waals surface area contributed by atoms with Gasteiger partial charge in [0.25, 0.3) is 11.8 Å². The number of hydrazine groups is 1. The SMILES string of the molecule is CCCCCCCCCCCCCCCOc1ccc(C(=O)NNC(=O)c2ccc(OCCCCCCCCCCCCCCC)cc2)cc1. The normalized spacial score (nSPS) is 11.0. The van der Waals surface area contributed by atoms with Gasteiger partial charge in [-0.1, -0.05) is 168 Å². The summed E-state index contributed by atoms with van der Waals surface area (Å²) in [6.07, 6.45) is 34.5. The number of benzene rings is 2. The Morgan fingerprint density at radius 2 is 0.620 bits per heavy atom. The van der Waals surface area contributed by atoms with E-state index in [1.807, 2.05) is 0 Å². The van der Waals surface area contributed by atoms with E-state index in [0.29, 0.717) is 24.3 Å². The number of rotatable bonds is 32. The average molecular weight is 693 g/mol. The number of hydrogen-bond donors (Lipinski definition) is 2. The molecule has 2 amide bonds. The molecule has 2 aromatic carbocycles. The maximum absolute atomic E-state index is 12.6. The van der Waals surface area contributed by atoms with E-state index in [4.69, 9.17) is 9.47 Å². The highest BCUT2D eigenvalue weighted by Crippen LogP contribution is 2.17. The minimum atomic E-state index is -0.376. The quantitative estimate of drug-likeness (QED) is 0.0591. The van der Waals surface area contributed by atoms with E-state index in [9.17, 15) is 9.59 Å². The fourth-order valence-corrected chi connectivity index (χ4v) is 6.28. The van der Waals surface area contributed by atoms with Crippen molar-refractivity contribution in [2.24, 2.45) is 0 Å². The second-order valence-corrected chi connectivity index (χ2v) is 14.1. The number of hydrogen-bond acceptors (Lipinski definition) is 4. The zero-order chi connectivity index (χ0) is 35.7. The van der Waals surface area contributed by atoms with Crippen LogP contribution in [0.1, 0.15) is 202 Å². The summed E-state index contributed by atoms with van der Waals surface area (Å²) >= 11 is 0. The molecule has 0 aromatic heterocycles. The van der Waals surface area contributed by atoms with Crippen LogP contribution in [0.2, 0.25) is 0 Å². The van der Waals surface area contributed by atoms with E-state index in [-0.39, 0.29) is 11.8 Å². The minimum Gasteiger partial charge on any atom is -0.494 e. The van der Waals surface area contributed by atoms with Crippen molar-refractivity contribution >= 4 is 11.8 Å². The van der Waals surface area contributed by atoms with Crippen molar-refractivity contribution in [1.82, 2.24) is 10.9 Å². The maximum Gasteiger partial charge on any atom is 0.269 e. The van der Waals surface area contributed by atoms with E-state index in [1.165, 1.54) is 154 Å². The van der Waals surface area contributed by atoms with Crippen molar-refractivity contribution in [3.05, 3.63) is 59.7 Å². The van der Waals surface area contributed by atoms with Crippen molar-refractivity contribution in [2.45, 2.75) is 181 Å². The smallest absolute Gasteiger partial charge is 0.269 e. The second kappa shape index (κ2) is 30.8. The molecule has 0 bridgehead atoms. The Labute approximate surface area is 306 Å². The summed E-state index contributed by atoms with van der Waals surface area (Å²) in [6.45, 7) is 5.91. The van der Waals surface area contributed by atoms with Gasteiger partial charge < -0.3 is 9.47 Å². The van der Waals surface area contributed by atoms with Gasteiger partial charge in [-0.2, -0.15) is 0 Å². The third kappa shape index (κ3) is 22.6. The molecule has 0 unspecified atom stereocenters. The number of nitrogens with one attached hydrogen (secondary N) is 2. The third-order valence-electron chi connectivity index (χ3n) is 9.56. The topological polar surface area (TPSA) is 76.7 Å². The standard InChI is InChI=1S/C44H72N2O4/c1-3-5-7-9-11-13-15-17-19-21-23-25-27-37-49-41-33-29-39(30-34-41)43(47)45-46-44(48)40-31-35-42(36-32-40)50-38-28-26-24-22-20-18-16-14-12-10-8-6-4-2/h29-36H,3-28,37-38H2,1-2H3,(H,45,47)(H,46,48). The van der Waals surface area contributed by atoms with Crippen LogP contribution in [0.3, 0.4) is 0 Å². The predicted molar refractivity (Wildman–Crippen MR) is 210 cm³/mol. The fourth-order valence-electron chi connectivity index (χ4n) is 6.28. The lowest BCUT2D eigenvalue weighted by Gasteiger charge is -2.10. The monoisotopic (exact) mass is 693 g/mol. The van der Waals surface area contributed by atoms with Crippen LogP contribution in [-0.2, 0) is 0 Å². The first-order chi connectivity index (χ1) is 24.6.